The molecule has 218 valence electrons. The predicted octanol–water partition coefficient (Wildman–Crippen LogP) is 3.80. The van der Waals surface area contributed by atoms with Crippen molar-refractivity contribution >= 4 is 39.0 Å². The number of ether oxygens (including phenoxy) is 1. The number of nitrogens with zero attached hydrogens (tertiary/aromatic N) is 4. The molecule has 13 heteroatoms. The molecule has 4 aromatic rings. The van der Waals surface area contributed by atoms with Crippen molar-refractivity contribution in [3.8, 4) is 0 Å². The smallest absolute Gasteiger partial charge is 0.269 e. The number of sulfonamides is 1. The molecule has 0 saturated carbocycles. The van der Waals surface area contributed by atoms with Gasteiger partial charge in [0.1, 0.15) is 17.2 Å². The van der Waals surface area contributed by atoms with Crippen LogP contribution in [0, 0.1) is 12.7 Å². The maximum Gasteiger partial charge on any atom is 0.269 e. The van der Waals surface area contributed by atoms with Crippen LogP contribution in [-0.4, -0.2) is 52.8 Å². The van der Waals surface area contributed by atoms with Crippen LogP contribution in [0.5, 0.6) is 0 Å². The molecule has 11 nitrogen and oxygen atoms in total. The van der Waals surface area contributed by atoms with Crippen LogP contribution in [0.1, 0.15) is 53.2 Å². The molecule has 6 rings (SSSR count). The fourth-order valence-electron chi connectivity index (χ4n) is 5.56. The van der Waals surface area contributed by atoms with Crippen LogP contribution in [0.2, 0.25) is 0 Å². The Morgan fingerprint density at radius 3 is 2.64 bits per heavy atom. The van der Waals surface area contributed by atoms with E-state index in [1.54, 1.807) is 24.0 Å². The number of hydrogen-bond acceptors (Lipinski definition) is 8. The Morgan fingerprint density at radius 2 is 1.88 bits per heavy atom. The average Bonchev–Trinajstić information content (AvgIpc) is 3.58. The summed E-state index contributed by atoms with van der Waals surface area (Å²) in [6, 6.07) is 12.6. The molecule has 42 heavy (non-hydrogen) atoms. The molecular weight excluding hydrogens is 563 g/mol. The van der Waals surface area contributed by atoms with Gasteiger partial charge in [-0.25, -0.2) is 22.5 Å². The van der Waals surface area contributed by atoms with Crippen molar-refractivity contribution in [3.05, 3.63) is 82.9 Å². The van der Waals surface area contributed by atoms with E-state index >= 15 is 0 Å². The molecule has 2 aromatic heterocycles. The van der Waals surface area contributed by atoms with Gasteiger partial charge >= 0.3 is 0 Å². The average molecular weight is 593 g/mol. The number of nitrogens with one attached hydrogen (secondary N) is 2. The van der Waals surface area contributed by atoms with Crippen LogP contribution in [0.3, 0.4) is 0 Å². The van der Waals surface area contributed by atoms with E-state index < -0.39 is 27.3 Å². The first-order chi connectivity index (χ1) is 20.1. The summed E-state index contributed by atoms with van der Waals surface area (Å²) in [7, 11) is -4.31. The number of benzene rings is 2. The topological polar surface area (TPSA) is 135 Å². The Kier molecular flexibility index (Phi) is 6.93. The second-order valence-electron chi connectivity index (χ2n) is 10.5. The van der Waals surface area contributed by atoms with Gasteiger partial charge in [-0.3, -0.25) is 9.59 Å². The maximum atomic E-state index is 14.8. The highest BCUT2D eigenvalue weighted by Crippen LogP contribution is 2.44. The maximum absolute atomic E-state index is 14.8. The Bertz CT molecular complexity index is 1830. The summed E-state index contributed by atoms with van der Waals surface area (Å²) in [5, 5.41) is 7.14. The summed E-state index contributed by atoms with van der Waals surface area (Å²) in [5.74, 6) is -1.60. The molecule has 1 fully saturated rings. The number of carbonyl (C=O) groups is 2. The zero-order chi connectivity index (χ0) is 29.6. The van der Waals surface area contributed by atoms with Crippen molar-refractivity contribution in [1.82, 2.24) is 24.2 Å². The molecule has 2 N–H and O–H groups in total. The minimum atomic E-state index is -4.31. The summed E-state index contributed by atoms with van der Waals surface area (Å²) < 4.78 is 50.1. The monoisotopic (exact) mass is 592 g/mol. The lowest BCUT2D eigenvalue weighted by Gasteiger charge is -2.39. The van der Waals surface area contributed by atoms with Crippen LogP contribution in [0.15, 0.2) is 59.8 Å². The van der Waals surface area contributed by atoms with Gasteiger partial charge in [0, 0.05) is 25.7 Å². The van der Waals surface area contributed by atoms with Crippen LogP contribution in [0.25, 0.3) is 5.65 Å². The molecule has 0 unspecified atom stereocenters. The predicted molar refractivity (Wildman–Crippen MR) is 151 cm³/mol. The minimum Gasteiger partial charge on any atom is -0.365 e. The highest BCUT2D eigenvalue weighted by atomic mass is 32.2. The highest BCUT2D eigenvalue weighted by Gasteiger charge is 2.43. The number of carbonyl (C=O) groups excluding carboxylic acids is 2. The number of rotatable bonds is 6. The number of fused-ring (bicyclic) bond motifs is 3. The standard InChI is InChI=1S/C29H29FN6O5S/c1-3-25(37)34-42(39,40)24-16-32-36-26(33-23-14-18(2)8-9-22(23)30)20(15-31-27(24)36)28(38)35-12-10-29(11-13-35)21-7-5-4-6-19(21)17-41-29/h4-9,14-16,33H,3,10-13,17H2,1-2H3,(H,34,37). The highest BCUT2D eigenvalue weighted by molar-refractivity contribution is 7.90. The van der Waals surface area contributed by atoms with Gasteiger partial charge in [-0.15, -0.1) is 0 Å². The summed E-state index contributed by atoms with van der Waals surface area (Å²) in [6.07, 6.45) is 3.45. The quantitative estimate of drug-likeness (QED) is 0.345. The zero-order valence-corrected chi connectivity index (χ0v) is 23.9. The molecule has 2 amide bonds. The van der Waals surface area contributed by atoms with E-state index in [0.717, 1.165) is 27.4 Å². The first-order valence-electron chi connectivity index (χ1n) is 13.6. The van der Waals surface area contributed by atoms with E-state index in [1.165, 1.54) is 19.2 Å². The van der Waals surface area contributed by atoms with Gasteiger partial charge in [0.05, 0.1) is 24.1 Å². The molecule has 4 heterocycles. The van der Waals surface area contributed by atoms with E-state index in [2.05, 4.69) is 27.5 Å². The largest absolute Gasteiger partial charge is 0.365 e. The van der Waals surface area contributed by atoms with Gasteiger partial charge in [0.15, 0.2) is 10.5 Å². The van der Waals surface area contributed by atoms with Gasteiger partial charge in [0.25, 0.3) is 15.9 Å². The SMILES string of the molecule is CCC(=O)NS(=O)(=O)c1cnn2c(Nc3cc(C)ccc3F)c(C(=O)N3CCC4(CC3)OCc3ccccc34)cnc12. The second kappa shape index (κ2) is 10.5. The van der Waals surface area contributed by atoms with Gasteiger partial charge < -0.3 is 15.0 Å². The van der Waals surface area contributed by atoms with Gasteiger partial charge in [-0.05, 0) is 48.6 Å². The van der Waals surface area contributed by atoms with Crippen molar-refractivity contribution in [2.24, 2.45) is 0 Å². The normalized spacial score (nSPS) is 16.0. The van der Waals surface area contributed by atoms with Gasteiger partial charge in [0.2, 0.25) is 5.91 Å². The van der Waals surface area contributed by atoms with Crippen LogP contribution < -0.4 is 10.0 Å². The number of aromatic nitrogens is 3. The first kappa shape index (κ1) is 27.8. The summed E-state index contributed by atoms with van der Waals surface area (Å²) >= 11 is 0. The van der Waals surface area contributed by atoms with Crippen molar-refractivity contribution in [2.75, 3.05) is 18.4 Å². The lowest BCUT2D eigenvalue weighted by atomic mass is 9.83. The third-order valence-corrected chi connectivity index (χ3v) is 9.19. The van der Waals surface area contributed by atoms with Gasteiger partial charge in [-0.2, -0.15) is 9.61 Å². The molecule has 1 spiro atoms. The third-order valence-electron chi connectivity index (χ3n) is 7.83. The number of piperidine rings is 1. The molecule has 0 atom stereocenters. The molecular formula is C29H29FN6O5S. The Hall–Kier alpha value is -4.36. The molecule has 0 bridgehead atoms. The Labute approximate surface area is 241 Å². The van der Waals surface area contributed by atoms with Crippen LogP contribution >= 0.6 is 0 Å². The number of halogens is 1. The fourth-order valence-corrected chi connectivity index (χ4v) is 6.67. The van der Waals surface area contributed by atoms with Crippen LogP contribution in [-0.2, 0) is 31.8 Å². The zero-order valence-electron chi connectivity index (χ0n) is 23.1. The Balaban J connectivity index is 1.37. The third kappa shape index (κ3) is 4.77. The Morgan fingerprint density at radius 1 is 1.12 bits per heavy atom. The van der Waals surface area contributed by atoms with E-state index in [1.807, 2.05) is 16.9 Å². The summed E-state index contributed by atoms with van der Waals surface area (Å²) in [6.45, 7) is 4.66. The van der Waals surface area contributed by atoms with Crippen molar-refractivity contribution in [1.29, 1.82) is 0 Å². The summed E-state index contributed by atoms with van der Waals surface area (Å²) in [5.41, 5.74) is 2.64. The number of anilines is 2. The van der Waals surface area contributed by atoms with Crippen molar-refractivity contribution < 1.29 is 27.1 Å². The first-order valence-corrected chi connectivity index (χ1v) is 15.1. The molecule has 0 radical (unpaired) electrons. The number of likely N-dealkylation sites (tertiary alicyclic amines) is 1. The number of aryl methyl sites for hydroxylation is 1. The lowest BCUT2D eigenvalue weighted by Crippen LogP contribution is -2.45. The summed E-state index contributed by atoms with van der Waals surface area (Å²) in [4.78, 5) is 31.4. The molecule has 0 aliphatic carbocycles. The van der Waals surface area contributed by atoms with E-state index in [4.69, 9.17) is 4.74 Å². The number of amides is 2. The molecule has 2 aliphatic rings. The van der Waals surface area contributed by atoms with Crippen molar-refractivity contribution in [2.45, 2.75) is 50.2 Å². The fraction of sp³-hybridized carbons (Fsp3) is 0.310. The second-order valence-corrected chi connectivity index (χ2v) is 12.1. The lowest BCUT2D eigenvalue weighted by molar-refractivity contribution is -0.119. The minimum absolute atomic E-state index is 0.0421. The molecule has 2 aromatic carbocycles. The molecule has 1 saturated heterocycles. The van der Waals surface area contributed by atoms with Gasteiger partial charge in [-0.1, -0.05) is 37.3 Å². The van der Waals surface area contributed by atoms with E-state index in [-0.39, 0.29) is 39.9 Å². The van der Waals surface area contributed by atoms with E-state index in [0.29, 0.717) is 32.5 Å². The van der Waals surface area contributed by atoms with Crippen molar-refractivity contribution in [3.63, 3.8) is 0 Å². The van der Waals surface area contributed by atoms with E-state index in [9.17, 15) is 22.4 Å². The number of hydrogen-bond donors (Lipinski definition) is 2. The van der Waals surface area contributed by atoms with Crippen LogP contribution in [0.4, 0.5) is 15.9 Å². The molecule has 2 aliphatic heterocycles.